The molecule has 0 aliphatic rings. The van der Waals surface area contributed by atoms with E-state index in [-0.39, 0.29) is 11.9 Å². The van der Waals surface area contributed by atoms with Crippen molar-refractivity contribution in [3.63, 3.8) is 0 Å². The number of anilines is 1. The molecular weight excluding hydrogens is 296 g/mol. The summed E-state index contributed by atoms with van der Waals surface area (Å²) >= 11 is 0. The molecule has 1 amide bonds. The van der Waals surface area contributed by atoms with Gasteiger partial charge in [-0.15, -0.1) is 10.2 Å². The van der Waals surface area contributed by atoms with E-state index < -0.39 is 0 Å². The van der Waals surface area contributed by atoms with Crippen molar-refractivity contribution in [2.24, 2.45) is 0 Å². The fourth-order valence-corrected chi connectivity index (χ4v) is 2.09. The third-order valence-corrected chi connectivity index (χ3v) is 3.38. The minimum atomic E-state index is -0.268. The van der Waals surface area contributed by atoms with Crippen LogP contribution in [0.1, 0.15) is 29.1 Å². The third kappa shape index (κ3) is 4.26. The average molecular weight is 318 g/mol. The van der Waals surface area contributed by atoms with Crippen LogP contribution in [0.3, 0.4) is 0 Å². The standard InChI is InChI=1S/C15H22N6O2/c1-11(14-19-17-10-21(14)7-8-23-4)18-15(22)12-5-6-13(16-9-12)20(2)3/h5-6,9-11H,7-8H2,1-4H3,(H,18,22)/t11-/m1/s1. The Bertz CT molecular complexity index is 638. The predicted octanol–water partition coefficient (Wildman–Crippen LogP) is 0.876. The molecule has 0 aromatic carbocycles. The van der Waals surface area contributed by atoms with Gasteiger partial charge in [0.25, 0.3) is 5.91 Å². The summed E-state index contributed by atoms with van der Waals surface area (Å²) in [5.41, 5.74) is 0.505. The summed E-state index contributed by atoms with van der Waals surface area (Å²) in [4.78, 5) is 18.4. The smallest absolute Gasteiger partial charge is 0.253 e. The van der Waals surface area contributed by atoms with E-state index in [0.29, 0.717) is 24.5 Å². The number of ether oxygens (including phenoxy) is 1. The lowest BCUT2D eigenvalue weighted by molar-refractivity contribution is 0.0937. The lowest BCUT2D eigenvalue weighted by atomic mass is 10.2. The first-order valence-corrected chi connectivity index (χ1v) is 7.33. The van der Waals surface area contributed by atoms with Crippen LogP contribution in [0.25, 0.3) is 0 Å². The predicted molar refractivity (Wildman–Crippen MR) is 86.3 cm³/mol. The van der Waals surface area contributed by atoms with Gasteiger partial charge in [0.1, 0.15) is 12.1 Å². The Morgan fingerprint density at radius 1 is 1.43 bits per heavy atom. The number of pyridine rings is 1. The second kappa shape index (κ2) is 7.68. The number of rotatable bonds is 7. The normalized spacial score (nSPS) is 12.0. The number of nitrogens with zero attached hydrogens (tertiary/aromatic N) is 5. The van der Waals surface area contributed by atoms with Gasteiger partial charge in [0, 0.05) is 33.9 Å². The van der Waals surface area contributed by atoms with Crippen molar-refractivity contribution < 1.29 is 9.53 Å². The molecule has 0 unspecified atom stereocenters. The van der Waals surface area contributed by atoms with Crippen LogP contribution in [0.4, 0.5) is 5.82 Å². The molecule has 124 valence electrons. The third-order valence-electron chi connectivity index (χ3n) is 3.38. The zero-order valence-corrected chi connectivity index (χ0v) is 13.9. The molecule has 1 N–H and O–H groups in total. The Morgan fingerprint density at radius 2 is 2.22 bits per heavy atom. The molecule has 0 aliphatic carbocycles. The van der Waals surface area contributed by atoms with Crippen LogP contribution < -0.4 is 10.2 Å². The maximum atomic E-state index is 12.3. The summed E-state index contributed by atoms with van der Waals surface area (Å²) in [7, 11) is 5.44. The van der Waals surface area contributed by atoms with Gasteiger partial charge in [-0.05, 0) is 19.1 Å². The molecule has 0 bridgehead atoms. The summed E-state index contributed by atoms with van der Waals surface area (Å²) in [6, 6.07) is 3.29. The van der Waals surface area contributed by atoms with E-state index in [1.54, 1.807) is 31.8 Å². The summed E-state index contributed by atoms with van der Waals surface area (Å²) in [5.74, 6) is 1.29. The largest absolute Gasteiger partial charge is 0.383 e. The van der Waals surface area contributed by atoms with Crippen molar-refractivity contribution in [1.29, 1.82) is 0 Å². The molecule has 1 atom stereocenters. The summed E-state index contributed by atoms with van der Waals surface area (Å²) in [5, 5.41) is 10.9. The molecule has 2 aromatic heterocycles. The monoisotopic (exact) mass is 318 g/mol. The fraction of sp³-hybridized carbons (Fsp3) is 0.467. The fourth-order valence-electron chi connectivity index (χ4n) is 2.09. The van der Waals surface area contributed by atoms with Gasteiger partial charge in [0.2, 0.25) is 0 Å². The Labute approximate surface area is 135 Å². The zero-order chi connectivity index (χ0) is 16.8. The Balaban J connectivity index is 2.03. The second-order valence-corrected chi connectivity index (χ2v) is 5.37. The van der Waals surface area contributed by atoms with E-state index in [1.807, 2.05) is 30.5 Å². The average Bonchev–Trinajstić information content (AvgIpc) is 3.01. The first kappa shape index (κ1) is 16.9. The quantitative estimate of drug-likeness (QED) is 0.815. The number of methoxy groups -OCH3 is 1. The topological polar surface area (TPSA) is 85.2 Å². The van der Waals surface area contributed by atoms with Crippen molar-refractivity contribution in [1.82, 2.24) is 25.1 Å². The molecule has 0 fully saturated rings. The van der Waals surface area contributed by atoms with Crippen LogP contribution in [0.2, 0.25) is 0 Å². The number of hydrogen-bond acceptors (Lipinski definition) is 6. The molecule has 8 nitrogen and oxygen atoms in total. The lowest BCUT2D eigenvalue weighted by Crippen LogP contribution is -2.29. The molecule has 23 heavy (non-hydrogen) atoms. The molecule has 2 rings (SSSR count). The summed E-state index contributed by atoms with van der Waals surface area (Å²) in [6.45, 7) is 3.06. The van der Waals surface area contributed by atoms with Crippen molar-refractivity contribution >= 4 is 11.7 Å². The molecule has 0 aliphatic heterocycles. The van der Waals surface area contributed by atoms with E-state index in [2.05, 4.69) is 20.5 Å². The van der Waals surface area contributed by atoms with Gasteiger partial charge in [-0.3, -0.25) is 4.79 Å². The highest BCUT2D eigenvalue weighted by molar-refractivity contribution is 5.94. The number of hydrogen-bond donors (Lipinski definition) is 1. The highest BCUT2D eigenvalue weighted by atomic mass is 16.5. The number of carbonyl (C=O) groups excluding carboxylic acids is 1. The van der Waals surface area contributed by atoms with Crippen molar-refractivity contribution in [3.05, 3.63) is 36.0 Å². The van der Waals surface area contributed by atoms with Gasteiger partial charge in [-0.25, -0.2) is 4.98 Å². The van der Waals surface area contributed by atoms with Gasteiger partial charge in [-0.1, -0.05) is 0 Å². The Hall–Kier alpha value is -2.48. The summed E-state index contributed by atoms with van der Waals surface area (Å²) in [6.07, 6.45) is 3.19. The van der Waals surface area contributed by atoms with Crippen LogP contribution in [0.5, 0.6) is 0 Å². The van der Waals surface area contributed by atoms with Crippen LogP contribution in [-0.2, 0) is 11.3 Å². The SMILES string of the molecule is COCCn1cnnc1[C@@H](C)NC(=O)c1ccc(N(C)C)nc1. The maximum Gasteiger partial charge on any atom is 0.253 e. The first-order chi connectivity index (χ1) is 11.0. The van der Waals surface area contributed by atoms with Gasteiger partial charge >= 0.3 is 0 Å². The molecule has 0 spiro atoms. The molecule has 0 radical (unpaired) electrons. The Kier molecular flexibility index (Phi) is 5.64. The van der Waals surface area contributed by atoms with Crippen LogP contribution in [-0.4, -0.2) is 53.5 Å². The molecule has 0 saturated heterocycles. The van der Waals surface area contributed by atoms with Crippen LogP contribution in [0.15, 0.2) is 24.7 Å². The van der Waals surface area contributed by atoms with Crippen LogP contribution >= 0.6 is 0 Å². The number of aromatic nitrogens is 4. The van der Waals surface area contributed by atoms with Crippen molar-refractivity contribution in [2.45, 2.75) is 19.5 Å². The maximum absolute atomic E-state index is 12.3. The number of amides is 1. The van der Waals surface area contributed by atoms with Gasteiger partial charge in [0.05, 0.1) is 18.2 Å². The highest BCUT2D eigenvalue weighted by Crippen LogP contribution is 2.12. The molecule has 2 heterocycles. The lowest BCUT2D eigenvalue weighted by Gasteiger charge is -2.15. The summed E-state index contributed by atoms with van der Waals surface area (Å²) < 4.78 is 6.92. The molecular formula is C15H22N6O2. The first-order valence-electron chi connectivity index (χ1n) is 7.33. The van der Waals surface area contributed by atoms with Gasteiger partial charge in [0.15, 0.2) is 5.82 Å². The van der Waals surface area contributed by atoms with Crippen LogP contribution in [0, 0.1) is 0 Å². The highest BCUT2D eigenvalue weighted by Gasteiger charge is 2.17. The van der Waals surface area contributed by atoms with E-state index in [9.17, 15) is 4.79 Å². The van der Waals surface area contributed by atoms with E-state index in [0.717, 1.165) is 5.82 Å². The van der Waals surface area contributed by atoms with E-state index >= 15 is 0 Å². The minimum absolute atomic E-state index is 0.198. The van der Waals surface area contributed by atoms with E-state index in [4.69, 9.17) is 4.74 Å². The molecule has 0 saturated carbocycles. The Morgan fingerprint density at radius 3 is 2.83 bits per heavy atom. The van der Waals surface area contributed by atoms with Crippen molar-refractivity contribution in [2.75, 3.05) is 32.7 Å². The zero-order valence-electron chi connectivity index (χ0n) is 13.9. The van der Waals surface area contributed by atoms with Gasteiger partial charge in [-0.2, -0.15) is 0 Å². The number of nitrogens with one attached hydrogen (secondary N) is 1. The number of carbonyl (C=O) groups is 1. The molecule has 8 heteroatoms. The molecule has 2 aromatic rings. The van der Waals surface area contributed by atoms with Crippen molar-refractivity contribution in [3.8, 4) is 0 Å². The minimum Gasteiger partial charge on any atom is -0.383 e. The van der Waals surface area contributed by atoms with E-state index in [1.165, 1.54) is 0 Å². The van der Waals surface area contributed by atoms with Gasteiger partial charge < -0.3 is 19.5 Å². The second-order valence-electron chi connectivity index (χ2n) is 5.37.